The summed E-state index contributed by atoms with van der Waals surface area (Å²) in [6.07, 6.45) is 3.41. The monoisotopic (exact) mass is 478 g/mol. The third-order valence-corrected chi connectivity index (χ3v) is 6.15. The van der Waals surface area contributed by atoms with Gasteiger partial charge in [-0.05, 0) is 50.5 Å². The predicted octanol–water partition coefficient (Wildman–Crippen LogP) is 4.71. The number of aromatic nitrogens is 4. The summed E-state index contributed by atoms with van der Waals surface area (Å²) >= 11 is 6.35. The molecule has 1 N–H and O–H groups in total. The second-order valence-corrected chi connectivity index (χ2v) is 8.50. The van der Waals surface area contributed by atoms with Crippen molar-refractivity contribution in [2.75, 3.05) is 0 Å². The van der Waals surface area contributed by atoms with Crippen LogP contribution in [0.5, 0.6) is 5.75 Å². The molecule has 7 nitrogen and oxygen atoms in total. The summed E-state index contributed by atoms with van der Waals surface area (Å²) < 4.78 is 35.1. The molecule has 176 valence electrons. The number of H-pyrrole nitrogens is 1. The van der Waals surface area contributed by atoms with Crippen molar-refractivity contribution < 1.29 is 13.5 Å². The lowest BCUT2D eigenvalue weighted by molar-refractivity contribution is -0.0582. The molecule has 2 aromatic heterocycles. The number of imidazole rings is 1. The summed E-state index contributed by atoms with van der Waals surface area (Å²) in [5, 5.41) is 0.379. The van der Waals surface area contributed by atoms with E-state index >= 15 is 0 Å². The summed E-state index contributed by atoms with van der Waals surface area (Å²) in [6, 6.07) is 5.21. The highest BCUT2D eigenvalue weighted by Gasteiger charge is 2.35. The van der Waals surface area contributed by atoms with Gasteiger partial charge in [0.15, 0.2) is 5.65 Å². The highest BCUT2D eigenvalue weighted by Crippen LogP contribution is 2.36. The Morgan fingerprint density at radius 3 is 2.52 bits per heavy atom. The number of rotatable bonds is 6. The van der Waals surface area contributed by atoms with Crippen molar-refractivity contribution >= 4 is 34.9 Å². The highest BCUT2D eigenvalue weighted by atomic mass is 35.5. The molecule has 0 bridgehead atoms. The van der Waals surface area contributed by atoms with Gasteiger partial charge in [0.25, 0.3) is 5.56 Å². The SMILES string of the molecule is CCn1c(=O)c2[nH]c(/C=C/c3ccc(OC4CCC(F)(F)CC4)c(Cl)c3)nc2n(CC)c1=O. The second-order valence-electron chi connectivity index (χ2n) is 8.09. The maximum atomic E-state index is 13.3. The minimum absolute atomic E-state index is 0.178. The summed E-state index contributed by atoms with van der Waals surface area (Å²) in [6.45, 7) is 4.22. The molecule has 2 heterocycles. The summed E-state index contributed by atoms with van der Waals surface area (Å²) in [5.74, 6) is -1.72. The van der Waals surface area contributed by atoms with E-state index in [1.807, 2.05) is 6.92 Å². The van der Waals surface area contributed by atoms with Crippen LogP contribution in [0, 0.1) is 0 Å². The molecule has 1 fully saturated rings. The van der Waals surface area contributed by atoms with Crippen LogP contribution in [-0.4, -0.2) is 31.1 Å². The first-order valence-electron chi connectivity index (χ1n) is 11.0. The fourth-order valence-electron chi connectivity index (χ4n) is 4.03. The lowest BCUT2D eigenvalue weighted by atomic mass is 9.94. The second kappa shape index (κ2) is 9.13. The van der Waals surface area contributed by atoms with Crippen molar-refractivity contribution in [2.45, 2.75) is 64.6 Å². The number of alkyl halides is 2. The number of aryl methyl sites for hydroxylation is 1. The first kappa shape index (κ1) is 23.2. The quantitative estimate of drug-likeness (QED) is 0.556. The molecular formula is C23H25ClF2N4O3. The number of nitrogens with zero attached hydrogens (tertiary/aromatic N) is 3. The van der Waals surface area contributed by atoms with Gasteiger partial charge in [-0.1, -0.05) is 23.7 Å². The predicted molar refractivity (Wildman–Crippen MR) is 124 cm³/mol. The van der Waals surface area contributed by atoms with Crippen molar-refractivity contribution in [1.29, 1.82) is 0 Å². The molecule has 4 rings (SSSR count). The molecule has 0 unspecified atom stereocenters. The number of aromatic amines is 1. The van der Waals surface area contributed by atoms with Gasteiger partial charge < -0.3 is 9.72 Å². The van der Waals surface area contributed by atoms with E-state index in [1.165, 1.54) is 9.13 Å². The van der Waals surface area contributed by atoms with Crippen LogP contribution in [0.25, 0.3) is 23.3 Å². The topological polar surface area (TPSA) is 81.9 Å². The van der Waals surface area contributed by atoms with E-state index < -0.39 is 11.5 Å². The molecule has 0 radical (unpaired) electrons. The number of hydrogen-bond donors (Lipinski definition) is 1. The Labute approximate surface area is 193 Å². The molecule has 0 atom stereocenters. The Balaban J connectivity index is 1.54. The zero-order valence-electron chi connectivity index (χ0n) is 18.4. The maximum Gasteiger partial charge on any atom is 0.332 e. The van der Waals surface area contributed by atoms with Crippen LogP contribution in [0.2, 0.25) is 5.02 Å². The van der Waals surface area contributed by atoms with E-state index in [-0.39, 0.29) is 36.7 Å². The van der Waals surface area contributed by atoms with E-state index in [0.29, 0.717) is 41.6 Å². The van der Waals surface area contributed by atoms with Crippen LogP contribution in [0.4, 0.5) is 8.78 Å². The molecular weight excluding hydrogens is 454 g/mol. The highest BCUT2D eigenvalue weighted by molar-refractivity contribution is 6.32. The Bertz CT molecular complexity index is 1320. The number of benzene rings is 1. The molecule has 10 heteroatoms. The third-order valence-electron chi connectivity index (χ3n) is 5.86. The molecule has 3 aromatic rings. The average molecular weight is 479 g/mol. The average Bonchev–Trinajstić information content (AvgIpc) is 3.20. The zero-order chi connectivity index (χ0) is 23.8. The normalized spacial score (nSPS) is 16.6. The largest absolute Gasteiger partial charge is 0.489 e. The summed E-state index contributed by atoms with van der Waals surface area (Å²) in [7, 11) is 0. The van der Waals surface area contributed by atoms with Gasteiger partial charge in [0.05, 0.1) is 11.1 Å². The Hall–Kier alpha value is -2.94. The van der Waals surface area contributed by atoms with Gasteiger partial charge in [0, 0.05) is 25.9 Å². The fraction of sp³-hybridized carbons (Fsp3) is 0.435. The molecule has 0 amide bonds. The Morgan fingerprint density at radius 2 is 1.88 bits per heavy atom. The zero-order valence-corrected chi connectivity index (χ0v) is 19.2. The number of hydrogen-bond acceptors (Lipinski definition) is 4. The van der Waals surface area contributed by atoms with E-state index in [2.05, 4.69) is 9.97 Å². The van der Waals surface area contributed by atoms with Crippen molar-refractivity contribution in [3.8, 4) is 5.75 Å². The van der Waals surface area contributed by atoms with E-state index in [4.69, 9.17) is 16.3 Å². The molecule has 33 heavy (non-hydrogen) atoms. The maximum absolute atomic E-state index is 13.3. The molecule has 0 saturated heterocycles. The smallest absolute Gasteiger partial charge is 0.332 e. The minimum Gasteiger partial charge on any atom is -0.489 e. The van der Waals surface area contributed by atoms with Gasteiger partial charge in [-0.2, -0.15) is 0 Å². The van der Waals surface area contributed by atoms with Crippen LogP contribution in [0.1, 0.15) is 50.9 Å². The Kier molecular flexibility index (Phi) is 6.43. The molecule has 1 aromatic carbocycles. The van der Waals surface area contributed by atoms with E-state index in [1.54, 1.807) is 37.3 Å². The fourth-order valence-corrected chi connectivity index (χ4v) is 4.26. The number of nitrogens with one attached hydrogen (secondary N) is 1. The summed E-state index contributed by atoms with van der Waals surface area (Å²) in [4.78, 5) is 32.5. The van der Waals surface area contributed by atoms with Crippen molar-refractivity contribution in [3.63, 3.8) is 0 Å². The lowest BCUT2D eigenvalue weighted by Crippen LogP contribution is -2.39. The first-order valence-corrected chi connectivity index (χ1v) is 11.4. The molecule has 1 aliphatic rings. The number of fused-ring (bicyclic) bond motifs is 1. The van der Waals surface area contributed by atoms with Gasteiger partial charge in [-0.15, -0.1) is 0 Å². The van der Waals surface area contributed by atoms with Gasteiger partial charge in [0.1, 0.15) is 17.1 Å². The van der Waals surface area contributed by atoms with Crippen molar-refractivity contribution in [3.05, 3.63) is 55.4 Å². The van der Waals surface area contributed by atoms with Crippen LogP contribution in [0.3, 0.4) is 0 Å². The third kappa shape index (κ3) is 4.73. The molecule has 0 aliphatic heterocycles. The minimum atomic E-state index is -2.61. The van der Waals surface area contributed by atoms with Crippen LogP contribution >= 0.6 is 11.6 Å². The van der Waals surface area contributed by atoms with Crippen molar-refractivity contribution in [2.24, 2.45) is 0 Å². The number of halogens is 3. The molecule has 1 aliphatic carbocycles. The molecule has 0 spiro atoms. The van der Waals surface area contributed by atoms with Gasteiger partial charge in [-0.3, -0.25) is 13.9 Å². The van der Waals surface area contributed by atoms with Gasteiger partial charge >= 0.3 is 5.69 Å². The number of ether oxygens (including phenoxy) is 1. The van der Waals surface area contributed by atoms with E-state index in [9.17, 15) is 18.4 Å². The Morgan fingerprint density at radius 1 is 1.18 bits per heavy atom. The van der Waals surface area contributed by atoms with E-state index in [0.717, 1.165) is 5.56 Å². The standard InChI is InChI=1S/C23H25ClF2N4O3/c1-3-29-20-19(21(31)30(4-2)22(29)32)27-18(28-20)8-6-14-5-7-17(16(24)13-14)33-15-9-11-23(25,26)12-10-15/h5-8,13,15H,3-4,9-12H2,1-2H3,(H,27,28)/b8-6+. The lowest BCUT2D eigenvalue weighted by Gasteiger charge is -2.28. The van der Waals surface area contributed by atoms with Crippen LogP contribution in [-0.2, 0) is 13.1 Å². The summed E-state index contributed by atoms with van der Waals surface area (Å²) in [5.41, 5.74) is 0.569. The van der Waals surface area contributed by atoms with Crippen LogP contribution in [0.15, 0.2) is 27.8 Å². The van der Waals surface area contributed by atoms with Crippen LogP contribution < -0.4 is 16.0 Å². The van der Waals surface area contributed by atoms with Gasteiger partial charge in [0.2, 0.25) is 5.92 Å². The van der Waals surface area contributed by atoms with Crippen molar-refractivity contribution in [1.82, 2.24) is 19.1 Å². The molecule has 1 saturated carbocycles. The van der Waals surface area contributed by atoms with Gasteiger partial charge in [-0.25, -0.2) is 18.6 Å². The first-order chi connectivity index (χ1) is 15.7.